The zero-order valence-electron chi connectivity index (χ0n) is 10.7. The van der Waals surface area contributed by atoms with Crippen molar-refractivity contribution in [2.24, 2.45) is 0 Å². The molecule has 10 heteroatoms. The third-order valence-corrected chi connectivity index (χ3v) is 3.21. The van der Waals surface area contributed by atoms with Crippen LogP contribution in [0.2, 0.25) is 0 Å². The quantitative estimate of drug-likeness (QED) is 0.155. The highest BCUT2D eigenvalue weighted by molar-refractivity contribution is 7.85. The molecule has 0 radical (unpaired) electrons. The molecule has 0 amide bonds. The molecule has 0 spiro atoms. The van der Waals surface area contributed by atoms with Crippen molar-refractivity contribution in [2.75, 3.05) is 0 Å². The largest absolute Gasteiger partial charge is 0.744 e. The van der Waals surface area contributed by atoms with Gasteiger partial charge in [-0.2, -0.15) is 8.78 Å². The van der Waals surface area contributed by atoms with E-state index in [0.717, 1.165) is 0 Å². The van der Waals surface area contributed by atoms with Gasteiger partial charge in [-0.15, -0.1) is 12.3 Å². The van der Waals surface area contributed by atoms with E-state index in [0.29, 0.717) is 0 Å². The van der Waals surface area contributed by atoms with Crippen molar-refractivity contribution >= 4 is 16.1 Å². The average molecular weight is 339 g/mol. The molecule has 0 aromatic heterocycles. The van der Waals surface area contributed by atoms with Gasteiger partial charge in [0.15, 0.2) is 11.6 Å². The lowest BCUT2D eigenvalue weighted by Gasteiger charge is -2.13. The summed E-state index contributed by atoms with van der Waals surface area (Å²) in [6.07, 6.45) is 4.75. The number of carbonyl (C=O) groups excluding carboxylic acids is 1. The normalized spacial score (nSPS) is 11.1. The smallest absolute Gasteiger partial charge is 0.311 e. The van der Waals surface area contributed by atoms with Crippen molar-refractivity contribution in [1.82, 2.24) is 0 Å². The molecule has 0 aliphatic rings. The van der Waals surface area contributed by atoms with Crippen molar-refractivity contribution in [3.05, 3.63) is 23.3 Å². The highest BCUT2D eigenvalue weighted by Crippen LogP contribution is 2.32. The van der Waals surface area contributed by atoms with Crippen LogP contribution in [0.3, 0.4) is 0 Å². The Labute approximate surface area is 122 Å². The van der Waals surface area contributed by atoms with Gasteiger partial charge in [0.05, 0.1) is 0 Å². The van der Waals surface area contributed by atoms with E-state index >= 15 is 0 Å². The molecule has 22 heavy (non-hydrogen) atoms. The lowest BCUT2D eigenvalue weighted by Crippen LogP contribution is -2.15. The van der Waals surface area contributed by atoms with Gasteiger partial charge in [0.1, 0.15) is 15.0 Å². The first kappa shape index (κ1) is 17.9. The number of hydrogen-bond donors (Lipinski definition) is 0. The molecule has 1 aromatic carbocycles. The molecule has 0 aliphatic heterocycles. The summed E-state index contributed by atoms with van der Waals surface area (Å²) >= 11 is 0. The van der Waals surface area contributed by atoms with Gasteiger partial charge in [-0.05, 0) is 6.42 Å². The fourth-order valence-corrected chi connectivity index (χ4v) is 2.02. The number of ether oxygens (including phenoxy) is 1. The minimum atomic E-state index is -5.81. The topological polar surface area (TPSA) is 83.5 Å². The van der Waals surface area contributed by atoms with E-state index in [1.807, 2.05) is 0 Å². The fraction of sp³-hybridized carbons (Fsp3) is 0.250. The van der Waals surface area contributed by atoms with Crippen LogP contribution < -0.4 is 4.74 Å². The second kappa shape index (κ2) is 6.76. The van der Waals surface area contributed by atoms with Crippen LogP contribution >= 0.6 is 0 Å². The van der Waals surface area contributed by atoms with Crippen LogP contribution in [-0.4, -0.2) is 18.9 Å². The third kappa shape index (κ3) is 3.75. The summed E-state index contributed by atoms with van der Waals surface area (Å²) in [7, 11) is -5.81. The monoisotopic (exact) mass is 339 g/mol. The van der Waals surface area contributed by atoms with E-state index in [2.05, 4.69) is 10.7 Å². The highest BCUT2D eigenvalue weighted by atomic mass is 32.2. The van der Waals surface area contributed by atoms with Gasteiger partial charge in [0, 0.05) is 12.8 Å². The van der Waals surface area contributed by atoms with Crippen LogP contribution in [0, 0.1) is 35.6 Å². The number of carbonyl (C=O) groups is 1. The minimum Gasteiger partial charge on any atom is -0.744 e. The van der Waals surface area contributed by atoms with Crippen LogP contribution in [0.1, 0.15) is 19.3 Å². The molecular weight excluding hydrogens is 332 g/mol. The number of esters is 1. The zero-order valence-corrected chi connectivity index (χ0v) is 11.5. The second-order valence-corrected chi connectivity index (χ2v) is 5.22. The predicted molar refractivity (Wildman–Crippen MR) is 62.6 cm³/mol. The summed E-state index contributed by atoms with van der Waals surface area (Å²) < 4.78 is 89.6. The van der Waals surface area contributed by atoms with Gasteiger partial charge >= 0.3 is 5.97 Å². The van der Waals surface area contributed by atoms with Crippen LogP contribution in [-0.2, 0) is 14.9 Å². The molecule has 0 saturated heterocycles. The Morgan fingerprint density at radius 1 is 1.14 bits per heavy atom. The molecule has 1 rings (SSSR count). The van der Waals surface area contributed by atoms with Crippen molar-refractivity contribution in [3.8, 4) is 18.1 Å². The van der Waals surface area contributed by atoms with E-state index < -0.39 is 56.4 Å². The second-order valence-electron chi connectivity index (χ2n) is 3.90. The third-order valence-electron chi connectivity index (χ3n) is 2.35. The first-order valence-electron chi connectivity index (χ1n) is 5.57. The number of benzene rings is 1. The molecule has 0 aliphatic carbocycles. The van der Waals surface area contributed by atoms with Crippen molar-refractivity contribution in [1.29, 1.82) is 0 Å². The van der Waals surface area contributed by atoms with Gasteiger partial charge in [-0.1, -0.05) is 0 Å². The summed E-state index contributed by atoms with van der Waals surface area (Å²) in [6, 6.07) is 0. The van der Waals surface area contributed by atoms with Crippen LogP contribution in [0.15, 0.2) is 4.90 Å². The summed E-state index contributed by atoms with van der Waals surface area (Å²) in [5.74, 6) is -10.4. The van der Waals surface area contributed by atoms with Crippen LogP contribution in [0.5, 0.6) is 5.75 Å². The first-order chi connectivity index (χ1) is 10.1. The highest BCUT2D eigenvalue weighted by Gasteiger charge is 2.31. The molecule has 0 heterocycles. The minimum absolute atomic E-state index is 0.0938. The Bertz CT molecular complexity index is 723. The lowest BCUT2D eigenvalue weighted by atomic mass is 10.2. The Balaban J connectivity index is 3.25. The summed E-state index contributed by atoms with van der Waals surface area (Å²) in [6.45, 7) is 0. The summed E-state index contributed by atoms with van der Waals surface area (Å²) in [5.41, 5.74) is 0. The molecule has 0 saturated carbocycles. The molecule has 0 fully saturated rings. The molecule has 0 unspecified atom stereocenters. The average Bonchev–Trinajstić information content (AvgIpc) is 2.40. The zero-order chi connectivity index (χ0) is 17.1. The van der Waals surface area contributed by atoms with E-state index in [1.165, 1.54) is 0 Å². The van der Waals surface area contributed by atoms with Crippen LogP contribution in [0.4, 0.5) is 17.6 Å². The summed E-state index contributed by atoms with van der Waals surface area (Å²) in [4.78, 5) is 8.92. The number of terminal acetylenes is 1. The van der Waals surface area contributed by atoms with E-state index in [-0.39, 0.29) is 12.8 Å². The standard InChI is InChI=1S/C12H8F4O5S/c1-2-3-4-5-6(17)21-11-7(13)9(15)12(22(18,19)20)10(16)8(11)14/h1H,3-5H2,(H,18,19,20)/p-1. The first-order valence-corrected chi connectivity index (χ1v) is 6.98. The number of unbranched alkanes of at least 4 members (excludes halogenated alkanes) is 1. The Hall–Kier alpha value is -2.12. The SMILES string of the molecule is C#CCCCC(=O)Oc1c(F)c(F)c(S(=O)(=O)[O-])c(F)c1F. The van der Waals surface area contributed by atoms with E-state index in [9.17, 15) is 35.3 Å². The Morgan fingerprint density at radius 2 is 1.64 bits per heavy atom. The van der Waals surface area contributed by atoms with Gasteiger partial charge in [-0.3, -0.25) is 4.79 Å². The predicted octanol–water partition coefficient (Wildman–Crippen LogP) is 1.86. The lowest BCUT2D eigenvalue weighted by molar-refractivity contribution is -0.134. The van der Waals surface area contributed by atoms with Crippen molar-refractivity contribution in [3.63, 3.8) is 0 Å². The van der Waals surface area contributed by atoms with Crippen molar-refractivity contribution < 1.29 is 40.1 Å². The van der Waals surface area contributed by atoms with Gasteiger partial charge in [0.25, 0.3) is 0 Å². The molecule has 0 bridgehead atoms. The number of hydrogen-bond acceptors (Lipinski definition) is 5. The molecule has 0 atom stereocenters. The van der Waals surface area contributed by atoms with Gasteiger partial charge in [-0.25, -0.2) is 17.2 Å². The fourth-order valence-electron chi connectivity index (χ4n) is 1.40. The Kier molecular flexibility index (Phi) is 5.51. The maximum Gasteiger partial charge on any atom is 0.311 e. The maximum absolute atomic E-state index is 13.5. The summed E-state index contributed by atoms with van der Waals surface area (Å²) in [5, 5.41) is 0. The van der Waals surface area contributed by atoms with Crippen molar-refractivity contribution in [2.45, 2.75) is 24.2 Å². The molecule has 5 nitrogen and oxygen atoms in total. The molecule has 1 aromatic rings. The molecular formula is C12H7F4O5S-. The number of halogens is 4. The molecule has 0 N–H and O–H groups in total. The Morgan fingerprint density at radius 3 is 2.05 bits per heavy atom. The number of rotatable bonds is 5. The maximum atomic E-state index is 13.5. The van der Waals surface area contributed by atoms with Gasteiger partial charge < -0.3 is 9.29 Å². The van der Waals surface area contributed by atoms with Gasteiger partial charge in [0.2, 0.25) is 17.4 Å². The van der Waals surface area contributed by atoms with E-state index in [4.69, 9.17) is 6.42 Å². The van der Waals surface area contributed by atoms with E-state index in [1.54, 1.807) is 0 Å². The van der Waals surface area contributed by atoms with Crippen LogP contribution in [0.25, 0.3) is 0 Å². The molecule has 120 valence electrons.